The molecule has 0 aliphatic carbocycles. The summed E-state index contributed by atoms with van der Waals surface area (Å²) >= 11 is 0. The number of hydrogen-bond donors (Lipinski definition) is 0. The van der Waals surface area contributed by atoms with Gasteiger partial charge in [0.2, 0.25) is 0 Å². The van der Waals surface area contributed by atoms with Crippen LogP contribution in [0.4, 0.5) is 0 Å². The summed E-state index contributed by atoms with van der Waals surface area (Å²) in [6, 6.07) is 0. The van der Waals surface area contributed by atoms with Gasteiger partial charge in [-0.1, -0.05) is 33.1 Å². The summed E-state index contributed by atoms with van der Waals surface area (Å²) in [5, 5.41) is 0. The van der Waals surface area contributed by atoms with Crippen molar-refractivity contribution in [3.05, 3.63) is 37.5 Å². The Morgan fingerprint density at radius 3 is 1.95 bits per heavy atom. The van der Waals surface area contributed by atoms with Crippen LogP contribution in [0.1, 0.15) is 26.7 Å². The zero-order valence-corrected chi connectivity index (χ0v) is 14.2. The molecular weight excluding hydrogens is 274 g/mol. The van der Waals surface area contributed by atoms with Gasteiger partial charge in [-0.25, -0.2) is 4.79 Å². The second kappa shape index (κ2) is 14.4. The Hall–Kier alpha value is -1.06. The Kier molecular flexibility index (Phi) is 17.2. The van der Waals surface area contributed by atoms with Crippen molar-refractivity contribution in [1.82, 2.24) is 0 Å². The molecule has 20 heavy (non-hydrogen) atoms. The van der Waals surface area contributed by atoms with E-state index in [9.17, 15) is 4.79 Å². The Morgan fingerprint density at radius 1 is 1.20 bits per heavy atom. The van der Waals surface area contributed by atoms with E-state index in [0.717, 1.165) is 30.4 Å². The molecule has 0 saturated heterocycles. The highest BCUT2D eigenvalue weighted by molar-refractivity contribution is 5.86. The lowest BCUT2D eigenvalue weighted by Crippen LogP contribution is -3.00. The third kappa shape index (κ3) is 16.9. The molecule has 0 rings (SSSR count). The first-order chi connectivity index (χ1) is 8.80. The second-order valence-corrected chi connectivity index (χ2v) is 5.15. The summed E-state index contributed by atoms with van der Waals surface area (Å²) in [6.45, 7) is 17.0. The SMILES string of the molecule is C=C(C)C(=O)OCCCC.C=CC[N+](C)(C)CC=C.[Cl-]. The van der Waals surface area contributed by atoms with E-state index in [-0.39, 0.29) is 18.4 Å². The van der Waals surface area contributed by atoms with Crippen molar-refractivity contribution in [1.29, 1.82) is 0 Å². The number of carbonyl (C=O) groups excluding carboxylic acids is 1. The molecule has 0 radical (unpaired) electrons. The Balaban J connectivity index is -0.000000277. The summed E-state index contributed by atoms with van der Waals surface area (Å²) in [7, 11) is 4.31. The Morgan fingerprint density at radius 2 is 1.65 bits per heavy atom. The van der Waals surface area contributed by atoms with Crippen molar-refractivity contribution in [3.63, 3.8) is 0 Å². The molecule has 0 heterocycles. The minimum atomic E-state index is -0.284. The van der Waals surface area contributed by atoms with Crippen LogP contribution >= 0.6 is 0 Å². The van der Waals surface area contributed by atoms with Crippen molar-refractivity contribution in [2.24, 2.45) is 0 Å². The highest BCUT2D eigenvalue weighted by atomic mass is 35.5. The van der Waals surface area contributed by atoms with E-state index in [1.807, 2.05) is 12.2 Å². The third-order valence-corrected chi connectivity index (χ3v) is 2.33. The fourth-order valence-corrected chi connectivity index (χ4v) is 1.21. The van der Waals surface area contributed by atoms with Crippen LogP contribution in [0.5, 0.6) is 0 Å². The average Bonchev–Trinajstić information content (AvgIpc) is 2.29. The number of likely N-dealkylation sites (N-methyl/N-ethyl adjacent to an activating group) is 1. The molecule has 0 saturated carbocycles. The maximum atomic E-state index is 10.7. The van der Waals surface area contributed by atoms with Crippen molar-refractivity contribution >= 4 is 5.97 Å². The molecule has 0 spiro atoms. The number of halogens is 1. The van der Waals surface area contributed by atoms with Gasteiger partial charge in [-0.2, -0.15) is 0 Å². The minimum absolute atomic E-state index is 0. The van der Waals surface area contributed by atoms with Crippen LogP contribution in [0, 0.1) is 0 Å². The Labute approximate surface area is 131 Å². The van der Waals surface area contributed by atoms with Gasteiger partial charge < -0.3 is 21.6 Å². The number of nitrogens with zero attached hydrogens (tertiary/aromatic N) is 1. The molecule has 0 fully saturated rings. The van der Waals surface area contributed by atoms with Gasteiger partial charge in [-0.05, 0) is 25.5 Å². The van der Waals surface area contributed by atoms with Crippen LogP contribution in [-0.2, 0) is 9.53 Å². The topological polar surface area (TPSA) is 26.3 Å². The van der Waals surface area contributed by atoms with E-state index in [1.165, 1.54) is 0 Å². The fraction of sp³-hybridized carbons (Fsp3) is 0.562. The van der Waals surface area contributed by atoms with E-state index >= 15 is 0 Å². The molecule has 0 unspecified atom stereocenters. The zero-order chi connectivity index (χ0) is 15.3. The van der Waals surface area contributed by atoms with Crippen molar-refractivity contribution in [2.75, 3.05) is 33.8 Å². The summed E-state index contributed by atoms with van der Waals surface area (Å²) in [5.74, 6) is -0.284. The van der Waals surface area contributed by atoms with E-state index in [0.29, 0.717) is 12.2 Å². The number of rotatable bonds is 8. The number of esters is 1. The van der Waals surface area contributed by atoms with Gasteiger partial charge in [-0.15, -0.1) is 0 Å². The first kappa shape index (κ1) is 24.0. The van der Waals surface area contributed by atoms with Gasteiger partial charge in [0, 0.05) is 5.57 Å². The lowest BCUT2D eigenvalue weighted by molar-refractivity contribution is -0.878. The molecular formula is C16H30ClNO2. The van der Waals surface area contributed by atoms with Crippen LogP contribution in [0.15, 0.2) is 37.5 Å². The molecule has 0 N–H and O–H groups in total. The highest BCUT2D eigenvalue weighted by Crippen LogP contribution is 1.95. The van der Waals surface area contributed by atoms with Gasteiger partial charge in [0.15, 0.2) is 0 Å². The van der Waals surface area contributed by atoms with Gasteiger partial charge in [0.25, 0.3) is 0 Å². The molecule has 3 nitrogen and oxygen atoms in total. The first-order valence-corrected chi connectivity index (χ1v) is 6.67. The molecule has 0 amide bonds. The largest absolute Gasteiger partial charge is 1.00 e. The number of hydrogen-bond acceptors (Lipinski definition) is 2. The molecule has 0 atom stereocenters. The van der Waals surface area contributed by atoms with Gasteiger partial charge >= 0.3 is 5.97 Å². The van der Waals surface area contributed by atoms with E-state index in [2.05, 4.69) is 40.8 Å². The van der Waals surface area contributed by atoms with Crippen LogP contribution in [0.3, 0.4) is 0 Å². The van der Waals surface area contributed by atoms with Crippen molar-refractivity contribution < 1.29 is 26.4 Å². The molecule has 118 valence electrons. The standard InChI is InChI=1S/C8H16N.C8H14O2.ClH/c1-5-7-9(3,4)8-6-2;1-4-5-6-10-8(9)7(2)3;/h5-6H,1-2,7-8H2,3-4H3;2,4-6H2,1,3H3;1H/q+1;;/p-1. The Bertz CT molecular complexity index is 287. The highest BCUT2D eigenvalue weighted by Gasteiger charge is 2.07. The normalized spacial score (nSPS) is 9.40. The van der Waals surface area contributed by atoms with Crippen LogP contribution in [0.2, 0.25) is 0 Å². The van der Waals surface area contributed by atoms with Crippen LogP contribution in [0.25, 0.3) is 0 Å². The van der Waals surface area contributed by atoms with Gasteiger partial charge in [0.1, 0.15) is 0 Å². The van der Waals surface area contributed by atoms with E-state index < -0.39 is 0 Å². The molecule has 0 aliphatic heterocycles. The summed E-state index contributed by atoms with van der Waals surface area (Å²) in [5.41, 5.74) is 0.469. The molecule has 0 aromatic carbocycles. The number of carbonyl (C=O) groups is 1. The van der Waals surface area contributed by atoms with Gasteiger partial charge in [-0.3, -0.25) is 0 Å². The maximum Gasteiger partial charge on any atom is 0.333 e. The molecule has 0 aliphatic rings. The summed E-state index contributed by atoms with van der Waals surface area (Å²) < 4.78 is 5.76. The van der Waals surface area contributed by atoms with Crippen LogP contribution < -0.4 is 12.4 Å². The predicted octanol–water partition coefficient (Wildman–Crippen LogP) is 0.345. The van der Waals surface area contributed by atoms with Crippen molar-refractivity contribution in [2.45, 2.75) is 26.7 Å². The molecule has 0 bridgehead atoms. The average molecular weight is 304 g/mol. The summed E-state index contributed by atoms with van der Waals surface area (Å²) in [4.78, 5) is 10.7. The fourth-order valence-electron chi connectivity index (χ4n) is 1.21. The number of ether oxygens (including phenoxy) is 1. The van der Waals surface area contributed by atoms with Crippen molar-refractivity contribution in [3.8, 4) is 0 Å². The van der Waals surface area contributed by atoms with Gasteiger partial charge in [0.05, 0.1) is 33.8 Å². The van der Waals surface area contributed by atoms with E-state index in [1.54, 1.807) is 6.92 Å². The minimum Gasteiger partial charge on any atom is -1.00 e. The monoisotopic (exact) mass is 303 g/mol. The maximum absolute atomic E-state index is 10.7. The lowest BCUT2D eigenvalue weighted by Gasteiger charge is -2.26. The third-order valence-electron chi connectivity index (χ3n) is 2.33. The molecule has 0 aromatic rings. The number of unbranched alkanes of at least 4 members (excludes halogenated alkanes) is 1. The van der Waals surface area contributed by atoms with Crippen LogP contribution in [-0.4, -0.2) is 44.2 Å². The molecule has 0 aromatic heterocycles. The zero-order valence-electron chi connectivity index (χ0n) is 13.5. The predicted molar refractivity (Wildman–Crippen MR) is 82.9 cm³/mol. The molecule has 4 heteroatoms. The second-order valence-electron chi connectivity index (χ2n) is 5.15. The van der Waals surface area contributed by atoms with E-state index in [4.69, 9.17) is 4.74 Å². The first-order valence-electron chi connectivity index (χ1n) is 6.67. The summed E-state index contributed by atoms with van der Waals surface area (Å²) in [6.07, 6.45) is 5.84. The quantitative estimate of drug-likeness (QED) is 0.213. The lowest BCUT2D eigenvalue weighted by atomic mass is 10.3. The number of quaternary nitrogens is 1. The smallest absolute Gasteiger partial charge is 0.333 e.